The molecule has 0 aliphatic carbocycles. The minimum Gasteiger partial charge on any atom is -0.345 e. The number of benzene rings is 3. The molecule has 1 aromatic heterocycles. The van der Waals surface area contributed by atoms with E-state index < -0.39 is 27.7 Å². The van der Waals surface area contributed by atoms with Crippen LogP contribution in [-0.4, -0.2) is 59.2 Å². The number of anilines is 1. The number of rotatable bonds is 10. The smallest absolute Gasteiger partial charge is 0.251 e. The monoisotopic (exact) mass is 646 g/mol. The Balaban J connectivity index is 1.49. The fraction of sp³-hybridized carbons (Fsp3) is 0.154. The number of hydrogen-bond donors (Lipinski definition) is 2. The summed E-state index contributed by atoms with van der Waals surface area (Å²) in [5.74, 6) is -1.05. The van der Waals surface area contributed by atoms with Gasteiger partial charge in [0.05, 0.1) is 22.9 Å². The number of para-hydroxylation sites is 1. The van der Waals surface area contributed by atoms with Gasteiger partial charge in [-0.1, -0.05) is 39.8 Å². The molecule has 0 atom stereocenters. The molecule has 3 aromatic carbocycles. The zero-order valence-corrected chi connectivity index (χ0v) is 24.6. The molecule has 40 heavy (non-hydrogen) atoms. The van der Waals surface area contributed by atoms with E-state index in [1.54, 1.807) is 10.6 Å². The van der Waals surface area contributed by atoms with Crippen molar-refractivity contribution >= 4 is 55.2 Å². The van der Waals surface area contributed by atoms with Crippen molar-refractivity contribution in [2.24, 2.45) is 0 Å². The van der Waals surface area contributed by atoms with Crippen molar-refractivity contribution in [1.29, 1.82) is 0 Å². The van der Waals surface area contributed by atoms with Crippen molar-refractivity contribution in [1.82, 2.24) is 24.4 Å². The van der Waals surface area contributed by atoms with Crippen LogP contribution in [0.3, 0.4) is 0 Å². The molecule has 0 aliphatic heterocycles. The Morgan fingerprint density at radius 2 is 1.68 bits per heavy atom. The highest BCUT2D eigenvalue weighted by Gasteiger charge is 2.19. The lowest BCUT2D eigenvalue weighted by Gasteiger charge is -2.12. The van der Waals surface area contributed by atoms with Gasteiger partial charge >= 0.3 is 0 Å². The average molecular weight is 648 g/mol. The summed E-state index contributed by atoms with van der Waals surface area (Å²) in [4.78, 5) is 25.4. The lowest BCUT2D eigenvalue weighted by atomic mass is 10.2. The maximum atomic E-state index is 13.9. The molecule has 0 radical (unpaired) electrons. The van der Waals surface area contributed by atoms with Crippen molar-refractivity contribution < 1.29 is 22.4 Å². The summed E-state index contributed by atoms with van der Waals surface area (Å²) in [6.07, 6.45) is 0. The predicted octanol–water partition coefficient (Wildman–Crippen LogP) is 4.08. The molecular weight excluding hydrogens is 623 g/mol. The molecule has 0 spiro atoms. The van der Waals surface area contributed by atoms with E-state index in [1.165, 1.54) is 56.6 Å². The molecule has 10 nitrogen and oxygen atoms in total. The molecule has 2 amide bonds. The largest absolute Gasteiger partial charge is 0.345 e. The molecule has 0 aliphatic rings. The third-order valence-corrected chi connectivity index (χ3v) is 8.85. The second-order valence-electron chi connectivity index (χ2n) is 8.52. The van der Waals surface area contributed by atoms with Gasteiger partial charge in [-0.25, -0.2) is 17.1 Å². The van der Waals surface area contributed by atoms with Crippen molar-refractivity contribution in [2.45, 2.75) is 16.6 Å². The van der Waals surface area contributed by atoms with Gasteiger partial charge in [0.15, 0.2) is 11.0 Å². The zero-order valence-electron chi connectivity index (χ0n) is 21.3. The summed E-state index contributed by atoms with van der Waals surface area (Å²) in [7, 11) is -0.755. The standard InChI is InChI=1S/C26H24BrFN6O4S2/c1-33(2)40(37,38)20-13-7-17(8-14-20)25(36)29-15-23-31-32-26(34(23)19-11-9-18(27)10-12-19)39-16-24(35)30-22-6-4-3-5-21(22)28/h3-14H,15-16H2,1-2H3,(H,29,36)(H,30,35). The van der Waals surface area contributed by atoms with E-state index in [0.717, 1.165) is 20.5 Å². The molecule has 0 saturated heterocycles. The number of aromatic nitrogens is 3. The molecule has 0 saturated carbocycles. The summed E-state index contributed by atoms with van der Waals surface area (Å²) in [6.45, 7) is 0.00162. The molecule has 0 unspecified atom stereocenters. The number of carbonyl (C=O) groups excluding carboxylic acids is 2. The van der Waals surface area contributed by atoms with Crippen molar-refractivity contribution in [3.63, 3.8) is 0 Å². The first-order valence-corrected chi connectivity index (χ1v) is 15.0. The molecule has 14 heteroatoms. The van der Waals surface area contributed by atoms with Gasteiger partial charge in [0.1, 0.15) is 5.82 Å². The molecular formula is C26H24BrFN6O4S2. The molecule has 4 aromatic rings. The highest BCUT2D eigenvalue weighted by Crippen LogP contribution is 2.24. The zero-order chi connectivity index (χ0) is 28.9. The first kappa shape index (κ1) is 29.4. The number of halogens is 2. The normalized spacial score (nSPS) is 11.4. The minimum absolute atomic E-state index is 0.00162. The molecule has 1 heterocycles. The van der Waals surface area contributed by atoms with Gasteiger partial charge in [-0.15, -0.1) is 10.2 Å². The number of nitrogens with zero attached hydrogens (tertiary/aromatic N) is 4. The third kappa shape index (κ3) is 6.94. The fourth-order valence-electron chi connectivity index (χ4n) is 3.49. The summed E-state index contributed by atoms with van der Waals surface area (Å²) >= 11 is 4.51. The lowest BCUT2D eigenvalue weighted by molar-refractivity contribution is -0.113. The average Bonchev–Trinajstić information content (AvgIpc) is 3.35. The highest BCUT2D eigenvalue weighted by molar-refractivity contribution is 9.10. The Bertz CT molecular complexity index is 1630. The Labute approximate surface area is 243 Å². The SMILES string of the molecule is CN(C)S(=O)(=O)c1ccc(C(=O)NCc2nnc(SCC(=O)Nc3ccccc3F)n2-c2ccc(Br)cc2)cc1. The Morgan fingerprint density at radius 3 is 2.33 bits per heavy atom. The first-order chi connectivity index (χ1) is 19.1. The van der Waals surface area contributed by atoms with E-state index in [2.05, 4.69) is 36.8 Å². The molecule has 2 N–H and O–H groups in total. The van der Waals surface area contributed by atoms with Crippen LogP contribution in [0.4, 0.5) is 10.1 Å². The van der Waals surface area contributed by atoms with E-state index in [4.69, 9.17) is 0 Å². The quantitative estimate of drug-likeness (QED) is 0.249. The van der Waals surface area contributed by atoms with Crippen molar-refractivity contribution in [3.8, 4) is 5.69 Å². The van der Waals surface area contributed by atoms with E-state index in [-0.39, 0.29) is 28.4 Å². The van der Waals surface area contributed by atoms with E-state index in [1.807, 2.05) is 24.3 Å². The van der Waals surface area contributed by atoms with E-state index >= 15 is 0 Å². The van der Waals surface area contributed by atoms with E-state index in [0.29, 0.717) is 16.7 Å². The minimum atomic E-state index is -3.62. The number of hydrogen-bond acceptors (Lipinski definition) is 7. The van der Waals surface area contributed by atoms with E-state index in [9.17, 15) is 22.4 Å². The maximum Gasteiger partial charge on any atom is 0.251 e. The lowest BCUT2D eigenvalue weighted by Crippen LogP contribution is -2.25. The predicted molar refractivity (Wildman–Crippen MR) is 153 cm³/mol. The summed E-state index contributed by atoms with van der Waals surface area (Å²) in [6, 6.07) is 18.8. The molecule has 208 valence electrons. The van der Waals surface area contributed by atoms with Crippen molar-refractivity contribution in [2.75, 3.05) is 25.2 Å². The number of thioether (sulfide) groups is 1. The van der Waals surface area contributed by atoms with Gasteiger partial charge in [-0.05, 0) is 60.7 Å². The van der Waals surface area contributed by atoms with Gasteiger partial charge in [0.2, 0.25) is 15.9 Å². The Hall–Kier alpha value is -3.59. The van der Waals surface area contributed by atoms with Crippen LogP contribution in [-0.2, 0) is 21.4 Å². The third-order valence-electron chi connectivity index (χ3n) is 5.57. The van der Waals surface area contributed by atoms with Crippen LogP contribution in [0.2, 0.25) is 0 Å². The summed E-state index contributed by atoms with van der Waals surface area (Å²) in [5, 5.41) is 14.1. The highest BCUT2D eigenvalue weighted by atomic mass is 79.9. The first-order valence-electron chi connectivity index (χ1n) is 11.7. The maximum absolute atomic E-state index is 13.9. The molecule has 0 fully saturated rings. The fourth-order valence-corrected chi connectivity index (χ4v) is 5.42. The molecule has 0 bridgehead atoms. The van der Waals surface area contributed by atoms with Gasteiger partial charge in [-0.2, -0.15) is 0 Å². The van der Waals surface area contributed by atoms with Crippen LogP contribution >= 0.6 is 27.7 Å². The van der Waals surface area contributed by atoms with Gasteiger partial charge < -0.3 is 10.6 Å². The second-order valence-corrected chi connectivity index (χ2v) is 12.5. The Morgan fingerprint density at radius 1 is 1.00 bits per heavy atom. The van der Waals surface area contributed by atoms with Gasteiger partial charge in [0, 0.05) is 29.8 Å². The van der Waals surface area contributed by atoms with Gasteiger partial charge in [0.25, 0.3) is 5.91 Å². The topological polar surface area (TPSA) is 126 Å². The number of carbonyl (C=O) groups is 2. The molecule has 4 rings (SSSR count). The van der Waals surface area contributed by atoms with Crippen LogP contribution in [0.25, 0.3) is 5.69 Å². The number of nitrogens with one attached hydrogen (secondary N) is 2. The van der Waals surface area contributed by atoms with Crippen LogP contribution in [0, 0.1) is 5.82 Å². The second kappa shape index (κ2) is 12.7. The number of sulfonamides is 1. The number of amides is 2. The van der Waals surface area contributed by atoms with Crippen LogP contribution < -0.4 is 10.6 Å². The van der Waals surface area contributed by atoms with Gasteiger partial charge in [-0.3, -0.25) is 14.2 Å². The summed E-state index contributed by atoms with van der Waals surface area (Å²) in [5.41, 5.74) is 1.05. The Kier molecular flexibility index (Phi) is 9.35. The van der Waals surface area contributed by atoms with Crippen LogP contribution in [0.5, 0.6) is 0 Å². The van der Waals surface area contributed by atoms with Crippen LogP contribution in [0.15, 0.2) is 87.3 Å². The van der Waals surface area contributed by atoms with Crippen molar-refractivity contribution in [3.05, 3.63) is 94.5 Å². The van der Waals surface area contributed by atoms with Crippen LogP contribution in [0.1, 0.15) is 16.2 Å². The summed E-state index contributed by atoms with van der Waals surface area (Å²) < 4.78 is 42.1.